The van der Waals surface area contributed by atoms with Crippen molar-refractivity contribution in [3.63, 3.8) is 0 Å². The van der Waals surface area contributed by atoms with Gasteiger partial charge in [0, 0.05) is 48.4 Å². The molecule has 4 rings (SSSR count). The molecule has 6 nitrogen and oxygen atoms in total. The Hall–Kier alpha value is -3.12. The molecule has 0 bridgehead atoms. The van der Waals surface area contributed by atoms with Crippen molar-refractivity contribution in [1.82, 2.24) is 25.3 Å². The van der Waals surface area contributed by atoms with Crippen LogP contribution in [0.1, 0.15) is 23.0 Å². The van der Waals surface area contributed by atoms with Crippen molar-refractivity contribution in [2.45, 2.75) is 12.5 Å². The number of nitrogens with one attached hydrogen (secondary N) is 3. The van der Waals surface area contributed by atoms with E-state index >= 15 is 0 Å². The number of hydrogen-bond acceptors (Lipinski definition) is 4. The summed E-state index contributed by atoms with van der Waals surface area (Å²) in [7, 11) is 1.71. The summed E-state index contributed by atoms with van der Waals surface area (Å²) in [6, 6.07) is 10.0. The molecule has 4 aromatic rings. The van der Waals surface area contributed by atoms with Gasteiger partial charge in [-0.05, 0) is 35.7 Å². The van der Waals surface area contributed by atoms with Gasteiger partial charge in [0.05, 0.1) is 13.2 Å². The number of pyridine rings is 1. The summed E-state index contributed by atoms with van der Waals surface area (Å²) in [5.74, 6) is 1.78. The van der Waals surface area contributed by atoms with Gasteiger partial charge < -0.3 is 20.0 Å². The first kappa shape index (κ1) is 16.4. The monoisotopic (exact) mass is 347 g/mol. The summed E-state index contributed by atoms with van der Waals surface area (Å²) in [6.45, 7) is 0.797. The van der Waals surface area contributed by atoms with Gasteiger partial charge in [-0.1, -0.05) is 12.1 Å². The van der Waals surface area contributed by atoms with E-state index in [-0.39, 0.29) is 6.04 Å². The average molecular weight is 347 g/mol. The molecule has 0 saturated carbocycles. The molecule has 0 fully saturated rings. The normalized spacial score (nSPS) is 12.3. The molecule has 6 heteroatoms. The zero-order valence-corrected chi connectivity index (χ0v) is 14.6. The third-order valence-corrected chi connectivity index (χ3v) is 4.52. The molecule has 0 unspecified atom stereocenters. The van der Waals surface area contributed by atoms with Gasteiger partial charge in [-0.2, -0.15) is 0 Å². The number of imidazole rings is 1. The molecule has 132 valence electrons. The topological polar surface area (TPSA) is 78.6 Å². The molecular weight excluding hydrogens is 326 g/mol. The standard InChI is InChI=1S/C20H21N5O/c1-26-17-6-2-5-16-18(17)14(13-25-16)7-9-22-19(20-23-10-11-24-20)15-4-3-8-21-12-15/h2-6,8,10-13,19,22,25H,7,9H2,1H3,(H,23,24)/t19-/m0/s1. The van der Waals surface area contributed by atoms with Gasteiger partial charge in [0.1, 0.15) is 11.6 Å². The van der Waals surface area contributed by atoms with Crippen LogP contribution in [0.2, 0.25) is 0 Å². The van der Waals surface area contributed by atoms with E-state index in [0.717, 1.165) is 41.0 Å². The van der Waals surface area contributed by atoms with Gasteiger partial charge in [0.15, 0.2) is 0 Å². The minimum absolute atomic E-state index is 0.0224. The number of benzene rings is 1. The lowest BCUT2D eigenvalue weighted by atomic mass is 10.1. The van der Waals surface area contributed by atoms with Crippen molar-refractivity contribution in [3.8, 4) is 5.75 Å². The zero-order valence-electron chi connectivity index (χ0n) is 14.6. The fourth-order valence-electron chi connectivity index (χ4n) is 3.29. The molecule has 3 aromatic heterocycles. The molecule has 0 aliphatic carbocycles. The Morgan fingerprint density at radius 2 is 2.12 bits per heavy atom. The second-order valence-electron chi connectivity index (χ2n) is 6.09. The first-order valence-corrected chi connectivity index (χ1v) is 8.62. The largest absolute Gasteiger partial charge is 0.496 e. The molecule has 0 aliphatic rings. The number of H-pyrrole nitrogens is 2. The number of hydrogen-bond donors (Lipinski definition) is 3. The summed E-state index contributed by atoms with van der Waals surface area (Å²) in [6.07, 6.45) is 10.2. The molecule has 0 amide bonds. The highest BCUT2D eigenvalue weighted by Gasteiger charge is 2.16. The van der Waals surface area contributed by atoms with E-state index in [1.165, 1.54) is 5.56 Å². The van der Waals surface area contributed by atoms with Crippen molar-refractivity contribution < 1.29 is 4.74 Å². The number of aromatic nitrogens is 4. The molecule has 0 aliphatic heterocycles. The van der Waals surface area contributed by atoms with Gasteiger partial charge in [0.25, 0.3) is 0 Å². The number of nitrogens with zero attached hydrogens (tertiary/aromatic N) is 2. The Morgan fingerprint density at radius 3 is 2.88 bits per heavy atom. The first-order chi connectivity index (χ1) is 12.9. The van der Waals surface area contributed by atoms with Crippen molar-refractivity contribution in [1.29, 1.82) is 0 Å². The van der Waals surface area contributed by atoms with Crippen molar-refractivity contribution in [3.05, 3.63) is 78.3 Å². The second-order valence-corrected chi connectivity index (χ2v) is 6.09. The van der Waals surface area contributed by atoms with Crippen LogP contribution < -0.4 is 10.1 Å². The third kappa shape index (κ3) is 3.19. The minimum atomic E-state index is -0.0224. The van der Waals surface area contributed by atoms with Crippen LogP contribution in [-0.2, 0) is 6.42 Å². The SMILES string of the molecule is COc1cccc2[nH]cc(CCN[C@@H](c3cccnc3)c3ncc[nH]3)c12. The number of ether oxygens (including phenoxy) is 1. The lowest BCUT2D eigenvalue weighted by molar-refractivity contribution is 0.419. The highest BCUT2D eigenvalue weighted by atomic mass is 16.5. The van der Waals surface area contributed by atoms with Crippen LogP contribution in [0.3, 0.4) is 0 Å². The number of aromatic amines is 2. The summed E-state index contributed by atoms with van der Waals surface area (Å²) in [5, 5.41) is 4.74. The Bertz CT molecular complexity index is 962. The third-order valence-electron chi connectivity index (χ3n) is 4.52. The zero-order chi connectivity index (χ0) is 17.8. The number of rotatable bonds is 7. The van der Waals surface area contributed by atoms with Crippen LogP contribution in [0.4, 0.5) is 0 Å². The molecule has 3 heterocycles. The van der Waals surface area contributed by atoms with Crippen molar-refractivity contribution >= 4 is 10.9 Å². The van der Waals surface area contributed by atoms with Crippen LogP contribution in [-0.4, -0.2) is 33.6 Å². The number of methoxy groups -OCH3 is 1. The van der Waals surface area contributed by atoms with Gasteiger partial charge in [-0.3, -0.25) is 4.98 Å². The summed E-state index contributed by atoms with van der Waals surface area (Å²) < 4.78 is 5.52. The van der Waals surface area contributed by atoms with E-state index in [9.17, 15) is 0 Å². The van der Waals surface area contributed by atoms with Crippen molar-refractivity contribution in [2.24, 2.45) is 0 Å². The van der Waals surface area contributed by atoms with Crippen LogP contribution in [0.15, 0.2) is 61.3 Å². The van der Waals surface area contributed by atoms with Gasteiger partial charge >= 0.3 is 0 Å². The van der Waals surface area contributed by atoms with E-state index in [1.54, 1.807) is 19.5 Å². The molecule has 0 saturated heterocycles. The van der Waals surface area contributed by atoms with Crippen LogP contribution >= 0.6 is 0 Å². The smallest absolute Gasteiger partial charge is 0.128 e. The van der Waals surface area contributed by atoms with Gasteiger partial charge in [-0.15, -0.1) is 0 Å². The second kappa shape index (κ2) is 7.41. The van der Waals surface area contributed by atoms with Gasteiger partial charge in [0.2, 0.25) is 0 Å². The summed E-state index contributed by atoms with van der Waals surface area (Å²) in [5.41, 5.74) is 3.41. The van der Waals surface area contributed by atoms with Crippen LogP contribution in [0.5, 0.6) is 5.75 Å². The van der Waals surface area contributed by atoms with Crippen LogP contribution in [0.25, 0.3) is 10.9 Å². The lowest BCUT2D eigenvalue weighted by Crippen LogP contribution is -2.25. The first-order valence-electron chi connectivity index (χ1n) is 8.62. The lowest BCUT2D eigenvalue weighted by Gasteiger charge is -2.17. The van der Waals surface area contributed by atoms with Crippen molar-refractivity contribution in [2.75, 3.05) is 13.7 Å². The van der Waals surface area contributed by atoms with Crippen LogP contribution in [0, 0.1) is 0 Å². The minimum Gasteiger partial charge on any atom is -0.496 e. The Morgan fingerprint density at radius 1 is 1.15 bits per heavy atom. The fourth-order valence-corrected chi connectivity index (χ4v) is 3.29. The van der Waals surface area contributed by atoms with E-state index in [0.29, 0.717) is 0 Å². The van der Waals surface area contributed by atoms with E-state index < -0.39 is 0 Å². The molecule has 3 N–H and O–H groups in total. The predicted molar refractivity (Wildman–Crippen MR) is 101 cm³/mol. The molecule has 0 radical (unpaired) electrons. The van der Waals surface area contributed by atoms with Gasteiger partial charge in [-0.25, -0.2) is 4.98 Å². The maximum atomic E-state index is 5.52. The molecule has 1 atom stereocenters. The number of fused-ring (bicyclic) bond motifs is 1. The Balaban J connectivity index is 1.53. The van der Waals surface area contributed by atoms with E-state index in [4.69, 9.17) is 4.74 Å². The summed E-state index contributed by atoms with van der Waals surface area (Å²) in [4.78, 5) is 15.2. The maximum absolute atomic E-state index is 5.52. The average Bonchev–Trinajstić information content (AvgIpc) is 3.36. The summed E-state index contributed by atoms with van der Waals surface area (Å²) >= 11 is 0. The Labute approximate surface area is 151 Å². The molecular formula is C20H21N5O. The van der Waals surface area contributed by atoms with E-state index in [1.807, 2.05) is 30.6 Å². The maximum Gasteiger partial charge on any atom is 0.128 e. The van der Waals surface area contributed by atoms with E-state index in [2.05, 4.69) is 43.6 Å². The quantitative estimate of drug-likeness (QED) is 0.480. The molecule has 0 spiro atoms. The highest BCUT2D eigenvalue weighted by molar-refractivity contribution is 5.89. The predicted octanol–water partition coefficient (Wildman–Crippen LogP) is 3.22. The Kier molecular flexibility index (Phi) is 4.66. The highest BCUT2D eigenvalue weighted by Crippen LogP contribution is 2.28. The molecule has 1 aromatic carbocycles. The molecule has 26 heavy (non-hydrogen) atoms. The fraction of sp³-hybridized carbons (Fsp3) is 0.200.